The van der Waals surface area contributed by atoms with Gasteiger partial charge in [0, 0.05) is 18.0 Å². The molecule has 0 fully saturated rings. The lowest BCUT2D eigenvalue weighted by Gasteiger charge is -2.33. The normalized spacial score (nSPS) is 18.5. The van der Waals surface area contributed by atoms with Crippen LogP contribution in [0, 0.1) is 0 Å². The topological polar surface area (TPSA) is 55.6 Å². The molecule has 0 aliphatic carbocycles. The van der Waals surface area contributed by atoms with E-state index >= 15 is 0 Å². The van der Waals surface area contributed by atoms with Gasteiger partial charge >= 0.3 is 0 Å². The lowest BCUT2D eigenvalue weighted by Crippen LogP contribution is -2.42. The highest BCUT2D eigenvalue weighted by atomic mass is 32.2. The molecule has 1 unspecified atom stereocenters. The predicted octanol–water partition coefficient (Wildman–Crippen LogP) is 1.88. The first-order chi connectivity index (χ1) is 9.27. The first kappa shape index (κ1) is 14.4. The molecule has 1 atom stereocenters. The van der Waals surface area contributed by atoms with Crippen molar-refractivity contribution in [2.45, 2.75) is 23.5 Å². The summed E-state index contributed by atoms with van der Waals surface area (Å²) in [6.45, 7) is 4.21. The summed E-state index contributed by atoms with van der Waals surface area (Å²) < 4.78 is 5.39. The minimum atomic E-state index is 0.0180. The van der Waals surface area contributed by atoms with Gasteiger partial charge in [0.2, 0.25) is 5.91 Å². The van der Waals surface area contributed by atoms with Gasteiger partial charge in [-0.15, -0.1) is 11.8 Å². The van der Waals surface area contributed by atoms with Crippen LogP contribution in [0.5, 0.6) is 0 Å². The second kappa shape index (κ2) is 6.93. The quantitative estimate of drug-likeness (QED) is 0.808. The summed E-state index contributed by atoms with van der Waals surface area (Å²) in [5, 5.41) is 0.0180. The number of nitrogens with two attached hydrogens (primary N) is 1. The Hall–Kier alpha value is -1.04. The second-order valence-electron chi connectivity index (χ2n) is 4.37. The zero-order valence-electron chi connectivity index (χ0n) is 11.2. The van der Waals surface area contributed by atoms with Crippen LogP contribution in [0.25, 0.3) is 0 Å². The first-order valence-electron chi connectivity index (χ1n) is 6.62. The molecule has 0 aromatic heterocycles. The van der Waals surface area contributed by atoms with Gasteiger partial charge in [0.1, 0.15) is 0 Å². The van der Waals surface area contributed by atoms with Gasteiger partial charge < -0.3 is 15.4 Å². The molecule has 1 aromatic rings. The van der Waals surface area contributed by atoms with Gasteiger partial charge in [0.05, 0.1) is 24.2 Å². The maximum absolute atomic E-state index is 12.4. The highest BCUT2D eigenvalue weighted by Crippen LogP contribution is 2.39. The van der Waals surface area contributed by atoms with Crippen LogP contribution in [-0.2, 0) is 9.53 Å². The maximum Gasteiger partial charge on any atom is 0.240 e. The Bertz CT molecular complexity index is 439. The fraction of sp³-hybridized carbons (Fsp3) is 0.500. The molecular weight excluding hydrogens is 260 g/mol. The Morgan fingerprint density at radius 1 is 1.37 bits per heavy atom. The molecule has 5 heteroatoms. The number of benzene rings is 1. The molecule has 1 aliphatic heterocycles. The van der Waals surface area contributed by atoms with Crippen molar-refractivity contribution in [3.8, 4) is 0 Å². The third-order valence-electron chi connectivity index (χ3n) is 3.06. The van der Waals surface area contributed by atoms with Gasteiger partial charge in [-0.3, -0.25) is 4.79 Å². The zero-order chi connectivity index (χ0) is 13.7. The number of ether oxygens (including phenoxy) is 1. The van der Waals surface area contributed by atoms with Crippen molar-refractivity contribution < 1.29 is 9.53 Å². The third-order valence-corrected chi connectivity index (χ3v) is 4.48. The number of rotatable bonds is 6. The highest BCUT2D eigenvalue weighted by Gasteiger charge is 2.31. The number of para-hydroxylation sites is 1. The number of nitrogens with zero attached hydrogens (tertiary/aromatic N) is 1. The van der Waals surface area contributed by atoms with Crippen molar-refractivity contribution in [2.24, 2.45) is 5.73 Å². The Labute approximate surface area is 118 Å². The summed E-state index contributed by atoms with van der Waals surface area (Å²) in [4.78, 5) is 15.4. The van der Waals surface area contributed by atoms with Crippen molar-refractivity contribution in [2.75, 3.05) is 31.2 Å². The molecule has 1 heterocycles. The molecule has 0 saturated heterocycles. The SMILES string of the molecule is CCC1Sc2ccccc2N(CCOCCN)C1=O. The second-order valence-corrected chi connectivity index (χ2v) is 5.62. The van der Waals surface area contributed by atoms with Crippen molar-refractivity contribution in [3.63, 3.8) is 0 Å². The van der Waals surface area contributed by atoms with Crippen molar-refractivity contribution in [3.05, 3.63) is 24.3 Å². The predicted molar refractivity (Wildman–Crippen MR) is 78.6 cm³/mol. The lowest BCUT2D eigenvalue weighted by atomic mass is 10.2. The molecular formula is C14H20N2O2S. The summed E-state index contributed by atoms with van der Waals surface area (Å²) in [5.74, 6) is 0.183. The summed E-state index contributed by atoms with van der Waals surface area (Å²) in [7, 11) is 0. The number of fused-ring (bicyclic) bond motifs is 1. The van der Waals surface area contributed by atoms with E-state index in [4.69, 9.17) is 10.5 Å². The van der Waals surface area contributed by atoms with E-state index in [1.54, 1.807) is 11.8 Å². The van der Waals surface area contributed by atoms with Gasteiger partial charge in [-0.25, -0.2) is 0 Å². The van der Waals surface area contributed by atoms with E-state index in [1.165, 1.54) is 4.90 Å². The number of carbonyl (C=O) groups excluding carboxylic acids is 1. The van der Waals surface area contributed by atoms with E-state index in [1.807, 2.05) is 30.0 Å². The molecule has 0 spiro atoms. The molecule has 2 N–H and O–H groups in total. The smallest absolute Gasteiger partial charge is 0.240 e. The van der Waals surface area contributed by atoms with Crippen LogP contribution in [0.4, 0.5) is 5.69 Å². The minimum absolute atomic E-state index is 0.0180. The van der Waals surface area contributed by atoms with E-state index in [-0.39, 0.29) is 11.2 Å². The Balaban J connectivity index is 2.12. The minimum Gasteiger partial charge on any atom is -0.378 e. The number of carbonyl (C=O) groups is 1. The highest BCUT2D eigenvalue weighted by molar-refractivity contribution is 8.01. The van der Waals surface area contributed by atoms with Crippen LogP contribution in [0.2, 0.25) is 0 Å². The number of amides is 1. The van der Waals surface area contributed by atoms with Gasteiger partial charge in [-0.1, -0.05) is 19.1 Å². The standard InChI is InChI=1S/C14H20N2O2S/c1-2-12-14(17)16(8-10-18-9-7-15)11-5-3-4-6-13(11)19-12/h3-6,12H,2,7-10,15H2,1H3. The van der Waals surface area contributed by atoms with E-state index in [0.717, 1.165) is 12.1 Å². The summed E-state index contributed by atoms with van der Waals surface area (Å²) in [6, 6.07) is 8.04. The lowest BCUT2D eigenvalue weighted by molar-refractivity contribution is -0.118. The fourth-order valence-electron chi connectivity index (χ4n) is 2.11. The molecule has 1 aromatic carbocycles. The van der Waals surface area contributed by atoms with E-state index in [2.05, 4.69) is 6.07 Å². The van der Waals surface area contributed by atoms with Crippen molar-refractivity contribution in [1.29, 1.82) is 0 Å². The monoisotopic (exact) mass is 280 g/mol. The maximum atomic E-state index is 12.4. The summed E-state index contributed by atoms with van der Waals surface area (Å²) >= 11 is 1.66. The fourth-order valence-corrected chi connectivity index (χ4v) is 3.26. The van der Waals surface area contributed by atoms with Crippen LogP contribution in [0.3, 0.4) is 0 Å². The van der Waals surface area contributed by atoms with E-state index in [0.29, 0.717) is 26.3 Å². The van der Waals surface area contributed by atoms with Gasteiger partial charge in [0.25, 0.3) is 0 Å². The molecule has 1 amide bonds. The average Bonchev–Trinajstić information content (AvgIpc) is 2.45. The summed E-state index contributed by atoms with van der Waals surface area (Å²) in [5.41, 5.74) is 6.38. The molecule has 0 bridgehead atoms. The number of hydrogen-bond donors (Lipinski definition) is 1. The molecule has 104 valence electrons. The van der Waals surface area contributed by atoms with Crippen LogP contribution in [-0.4, -0.2) is 37.5 Å². The Morgan fingerprint density at radius 2 is 2.16 bits per heavy atom. The van der Waals surface area contributed by atoms with Crippen LogP contribution in [0.1, 0.15) is 13.3 Å². The van der Waals surface area contributed by atoms with Crippen LogP contribution in [0.15, 0.2) is 29.2 Å². The summed E-state index contributed by atoms with van der Waals surface area (Å²) in [6.07, 6.45) is 0.845. The molecule has 2 rings (SSSR count). The van der Waals surface area contributed by atoms with Gasteiger partial charge in [-0.2, -0.15) is 0 Å². The average molecular weight is 280 g/mol. The van der Waals surface area contributed by atoms with Crippen molar-refractivity contribution >= 4 is 23.4 Å². The largest absolute Gasteiger partial charge is 0.378 e. The molecule has 0 saturated carbocycles. The number of hydrogen-bond acceptors (Lipinski definition) is 4. The first-order valence-corrected chi connectivity index (χ1v) is 7.50. The van der Waals surface area contributed by atoms with Gasteiger partial charge in [0.15, 0.2) is 0 Å². The van der Waals surface area contributed by atoms with E-state index in [9.17, 15) is 4.79 Å². The number of thioether (sulfide) groups is 1. The Kier molecular flexibility index (Phi) is 5.24. The third kappa shape index (κ3) is 3.29. The van der Waals surface area contributed by atoms with Crippen LogP contribution < -0.4 is 10.6 Å². The molecule has 4 nitrogen and oxygen atoms in total. The molecule has 0 radical (unpaired) electrons. The molecule has 1 aliphatic rings. The molecule has 19 heavy (non-hydrogen) atoms. The zero-order valence-corrected chi connectivity index (χ0v) is 12.0. The van der Waals surface area contributed by atoms with Gasteiger partial charge in [-0.05, 0) is 18.6 Å². The van der Waals surface area contributed by atoms with Crippen LogP contribution >= 0.6 is 11.8 Å². The Morgan fingerprint density at radius 3 is 2.89 bits per heavy atom. The van der Waals surface area contributed by atoms with E-state index < -0.39 is 0 Å². The van der Waals surface area contributed by atoms with Crippen molar-refractivity contribution in [1.82, 2.24) is 0 Å². The number of anilines is 1.